The van der Waals surface area contributed by atoms with Crippen molar-refractivity contribution in [2.24, 2.45) is 0 Å². The zero-order chi connectivity index (χ0) is 7.68. The van der Waals surface area contributed by atoms with Gasteiger partial charge in [0.15, 0.2) is 0 Å². The monoisotopic (exact) mass is 154 g/mol. The van der Waals surface area contributed by atoms with Crippen molar-refractivity contribution in [2.75, 3.05) is 6.54 Å². The van der Waals surface area contributed by atoms with Crippen molar-refractivity contribution in [1.29, 1.82) is 0 Å². The molecule has 2 heterocycles. The van der Waals surface area contributed by atoms with Crippen LogP contribution in [0.15, 0.2) is 4.79 Å². The first-order chi connectivity index (χ1) is 5.36. The van der Waals surface area contributed by atoms with E-state index in [0.29, 0.717) is 0 Å². The SMILES string of the molecule is O=c1[nH]nc([C@@H]2CCCN2)[nH]1. The molecule has 1 atom stereocenters. The number of nitrogens with zero attached hydrogens (tertiary/aromatic N) is 1. The van der Waals surface area contributed by atoms with Gasteiger partial charge in [0, 0.05) is 0 Å². The van der Waals surface area contributed by atoms with Crippen LogP contribution in [0.3, 0.4) is 0 Å². The molecule has 0 amide bonds. The minimum atomic E-state index is -0.228. The van der Waals surface area contributed by atoms with Gasteiger partial charge in [0.1, 0.15) is 5.82 Å². The van der Waals surface area contributed by atoms with Crippen molar-refractivity contribution in [3.63, 3.8) is 0 Å². The lowest BCUT2D eigenvalue weighted by molar-refractivity contribution is 0.607. The largest absolute Gasteiger partial charge is 0.340 e. The summed E-state index contributed by atoms with van der Waals surface area (Å²) < 4.78 is 0. The average Bonchev–Trinajstić information content (AvgIpc) is 2.55. The smallest absolute Gasteiger partial charge is 0.307 e. The molecule has 2 rings (SSSR count). The van der Waals surface area contributed by atoms with Crippen molar-refractivity contribution in [2.45, 2.75) is 18.9 Å². The first-order valence-electron chi connectivity index (χ1n) is 3.74. The van der Waals surface area contributed by atoms with Crippen LogP contribution in [0, 0.1) is 0 Å². The van der Waals surface area contributed by atoms with Gasteiger partial charge in [-0.2, -0.15) is 5.10 Å². The van der Waals surface area contributed by atoms with Gasteiger partial charge in [-0.25, -0.2) is 9.89 Å². The summed E-state index contributed by atoms with van der Waals surface area (Å²) >= 11 is 0. The Labute approximate surface area is 63.2 Å². The fraction of sp³-hybridized carbons (Fsp3) is 0.667. The Kier molecular flexibility index (Phi) is 1.50. The Morgan fingerprint density at radius 1 is 1.55 bits per heavy atom. The van der Waals surface area contributed by atoms with E-state index in [1.165, 1.54) is 0 Å². The lowest BCUT2D eigenvalue weighted by Gasteiger charge is -2.02. The molecule has 1 aliphatic heterocycles. The Balaban J connectivity index is 2.21. The van der Waals surface area contributed by atoms with Gasteiger partial charge in [-0.3, -0.25) is 4.98 Å². The highest BCUT2D eigenvalue weighted by Crippen LogP contribution is 2.17. The van der Waals surface area contributed by atoms with E-state index in [2.05, 4.69) is 20.5 Å². The van der Waals surface area contributed by atoms with E-state index in [0.717, 1.165) is 25.2 Å². The van der Waals surface area contributed by atoms with E-state index in [1.807, 2.05) is 0 Å². The predicted molar refractivity (Wildman–Crippen MR) is 39.2 cm³/mol. The molecule has 1 aromatic rings. The van der Waals surface area contributed by atoms with Crippen molar-refractivity contribution in [3.8, 4) is 0 Å². The Morgan fingerprint density at radius 2 is 2.45 bits per heavy atom. The Morgan fingerprint density at radius 3 is 3.00 bits per heavy atom. The molecule has 0 bridgehead atoms. The second kappa shape index (κ2) is 2.50. The van der Waals surface area contributed by atoms with E-state index in [9.17, 15) is 4.79 Å². The minimum Gasteiger partial charge on any atom is -0.307 e. The number of aromatic nitrogens is 3. The molecule has 0 spiro atoms. The van der Waals surface area contributed by atoms with E-state index in [-0.39, 0.29) is 11.7 Å². The zero-order valence-electron chi connectivity index (χ0n) is 6.05. The summed E-state index contributed by atoms with van der Waals surface area (Å²) in [4.78, 5) is 13.3. The molecule has 0 unspecified atom stereocenters. The Hall–Kier alpha value is -1.10. The maximum absolute atomic E-state index is 10.6. The fourth-order valence-corrected chi connectivity index (χ4v) is 1.37. The average molecular weight is 154 g/mol. The number of rotatable bonds is 1. The molecular weight excluding hydrogens is 144 g/mol. The van der Waals surface area contributed by atoms with Crippen molar-refractivity contribution in [3.05, 3.63) is 16.3 Å². The molecule has 5 nitrogen and oxygen atoms in total. The van der Waals surface area contributed by atoms with Crippen molar-refractivity contribution >= 4 is 0 Å². The van der Waals surface area contributed by atoms with Gasteiger partial charge >= 0.3 is 5.69 Å². The third-order valence-electron chi connectivity index (χ3n) is 1.91. The topological polar surface area (TPSA) is 73.6 Å². The Bertz CT molecular complexity index is 283. The molecule has 1 aliphatic rings. The summed E-state index contributed by atoms with van der Waals surface area (Å²) in [5.74, 6) is 0.729. The predicted octanol–water partition coefficient (Wildman–Crippen LogP) is -0.478. The van der Waals surface area contributed by atoms with Crippen LogP contribution < -0.4 is 11.0 Å². The number of aromatic amines is 2. The van der Waals surface area contributed by atoms with Crippen LogP contribution in [0.1, 0.15) is 24.7 Å². The van der Waals surface area contributed by atoms with Crippen molar-refractivity contribution < 1.29 is 0 Å². The van der Waals surface area contributed by atoms with Crippen LogP contribution in [0.5, 0.6) is 0 Å². The summed E-state index contributed by atoms with van der Waals surface area (Å²) in [7, 11) is 0. The second-order valence-electron chi connectivity index (χ2n) is 2.71. The molecule has 0 aromatic carbocycles. The molecule has 5 heteroatoms. The van der Waals surface area contributed by atoms with E-state index < -0.39 is 0 Å². The molecule has 3 N–H and O–H groups in total. The number of hydrogen-bond donors (Lipinski definition) is 3. The summed E-state index contributed by atoms with van der Waals surface area (Å²) in [5, 5.41) is 9.42. The number of hydrogen-bond acceptors (Lipinski definition) is 3. The first-order valence-corrected chi connectivity index (χ1v) is 3.74. The molecule has 0 saturated carbocycles. The maximum atomic E-state index is 10.6. The minimum absolute atomic E-state index is 0.228. The highest BCUT2D eigenvalue weighted by molar-refractivity contribution is 4.94. The van der Waals surface area contributed by atoms with Crippen LogP contribution in [-0.4, -0.2) is 21.7 Å². The second-order valence-corrected chi connectivity index (χ2v) is 2.71. The fourth-order valence-electron chi connectivity index (χ4n) is 1.37. The highest BCUT2D eigenvalue weighted by Gasteiger charge is 2.18. The van der Waals surface area contributed by atoms with Crippen LogP contribution in [0.2, 0.25) is 0 Å². The van der Waals surface area contributed by atoms with Crippen LogP contribution >= 0.6 is 0 Å². The van der Waals surface area contributed by atoms with Gasteiger partial charge in [-0.1, -0.05) is 0 Å². The molecule has 1 fully saturated rings. The van der Waals surface area contributed by atoms with Crippen molar-refractivity contribution in [1.82, 2.24) is 20.5 Å². The quantitative estimate of drug-likeness (QED) is 0.511. The molecule has 0 aliphatic carbocycles. The van der Waals surface area contributed by atoms with Gasteiger partial charge in [-0.05, 0) is 19.4 Å². The molecule has 60 valence electrons. The summed E-state index contributed by atoms with van der Waals surface area (Å²) in [6.45, 7) is 1.01. The summed E-state index contributed by atoms with van der Waals surface area (Å²) in [5.41, 5.74) is -0.228. The van der Waals surface area contributed by atoms with Gasteiger partial charge < -0.3 is 5.32 Å². The van der Waals surface area contributed by atoms with Gasteiger partial charge in [0.05, 0.1) is 6.04 Å². The maximum Gasteiger partial charge on any atom is 0.340 e. The normalized spacial score (nSPS) is 24.2. The van der Waals surface area contributed by atoms with Crippen LogP contribution in [-0.2, 0) is 0 Å². The molecule has 0 radical (unpaired) electrons. The third-order valence-corrected chi connectivity index (χ3v) is 1.91. The van der Waals surface area contributed by atoms with Crippen LogP contribution in [0.25, 0.3) is 0 Å². The lowest BCUT2D eigenvalue weighted by Crippen LogP contribution is -2.15. The molecule has 11 heavy (non-hydrogen) atoms. The number of H-pyrrole nitrogens is 2. The number of nitrogens with one attached hydrogen (secondary N) is 3. The van der Waals surface area contributed by atoms with Gasteiger partial charge in [0.2, 0.25) is 0 Å². The molecule has 1 aromatic heterocycles. The van der Waals surface area contributed by atoms with E-state index in [4.69, 9.17) is 0 Å². The molecule has 1 saturated heterocycles. The van der Waals surface area contributed by atoms with Crippen LogP contribution in [0.4, 0.5) is 0 Å². The zero-order valence-corrected chi connectivity index (χ0v) is 6.05. The molecular formula is C6H10N4O. The lowest BCUT2D eigenvalue weighted by atomic mass is 10.2. The van der Waals surface area contributed by atoms with Gasteiger partial charge in [0.25, 0.3) is 0 Å². The summed E-state index contributed by atoms with van der Waals surface area (Å²) in [6, 6.07) is 0.244. The third kappa shape index (κ3) is 1.19. The first kappa shape index (κ1) is 6.60. The van der Waals surface area contributed by atoms with E-state index >= 15 is 0 Å². The van der Waals surface area contributed by atoms with E-state index in [1.54, 1.807) is 0 Å². The standard InChI is InChI=1S/C6H10N4O/c11-6-8-5(9-10-6)4-2-1-3-7-4/h4,7H,1-3H2,(H2,8,9,10,11)/t4-/m0/s1. The highest BCUT2D eigenvalue weighted by atomic mass is 16.1. The van der Waals surface area contributed by atoms with Gasteiger partial charge in [-0.15, -0.1) is 0 Å². The summed E-state index contributed by atoms with van der Waals surface area (Å²) in [6.07, 6.45) is 2.21.